The monoisotopic (exact) mass is 484 g/mol. The molecule has 2 aromatic carbocycles. The van der Waals surface area contributed by atoms with E-state index < -0.39 is 0 Å². The van der Waals surface area contributed by atoms with Gasteiger partial charge < -0.3 is 25.2 Å². The summed E-state index contributed by atoms with van der Waals surface area (Å²) in [5, 5.41) is 6.78. The zero-order valence-corrected chi connectivity index (χ0v) is 20.2. The first-order valence-electron chi connectivity index (χ1n) is 12.1. The maximum atomic E-state index is 12.9. The van der Waals surface area contributed by atoms with Crippen LogP contribution in [0.15, 0.2) is 48.5 Å². The van der Waals surface area contributed by atoms with Crippen LogP contribution >= 0.6 is 11.6 Å². The van der Waals surface area contributed by atoms with Crippen LogP contribution in [0, 0.1) is 0 Å². The fraction of sp³-hybridized carbons (Fsp3) is 0.462. The predicted molar refractivity (Wildman–Crippen MR) is 135 cm³/mol. The Morgan fingerprint density at radius 3 is 2.41 bits per heavy atom. The summed E-state index contributed by atoms with van der Waals surface area (Å²) in [6, 6.07) is 14.8. The number of rotatable bonds is 9. The third-order valence-electron chi connectivity index (χ3n) is 6.45. The van der Waals surface area contributed by atoms with Gasteiger partial charge in [-0.3, -0.25) is 9.59 Å². The highest BCUT2D eigenvalue weighted by molar-refractivity contribution is 6.30. The number of likely N-dealkylation sites (tertiary alicyclic amines) is 1. The summed E-state index contributed by atoms with van der Waals surface area (Å²) in [6.45, 7) is 5.36. The highest BCUT2D eigenvalue weighted by atomic mass is 35.5. The molecule has 0 atom stereocenters. The molecule has 0 unspecified atom stereocenters. The molecular weight excluding hydrogens is 452 g/mol. The third-order valence-corrected chi connectivity index (χ3v) is 6.70. The van der Waals surface area contributed by atoms with Crippen molar-refractivity contribution in [2.75, 3.05) is 50.8 Å². The maximum Gasteiger partial charge on any atom is 0.258 e. The standard InChI is InChI=1S/C26H33ClN4O3/c27-20-7-9-22(10-8-20)34-19-25(32)29-21-11-16-31(17-12-21)24-6-2-1-5-23(24)26(33)28-13-18-30-14-3-4-15-30/h1-2,5-10,21H,3-4,11-19H2,(H,28,33)(H,29,32). The van der Waals surface area contributed by atoms with Crippen LogP contribution in [0.3, 0.4) is 0 Å². The van der Waals surface area contributed by atoms with Gasteiger partial charge in [0, 0.05) is 42.9 Å². The molecule has 2 heterocycles. The Hall–Kier alpha value is -2.77. The number of para-hydroxylation sites is 1. The number of nitrogens with one attached hydrogen (secondary N) is 2. The van der Waals surface area contributed by atoms with E-state index in [-0.39, 0.29) is 24.5 Å². The molecule has 182 valence electrons. The topological polar surface area (TPSA) is 73.9 Å². The second kappa shape index (κ2) is 12.1. The third kappa shape index (κ3) is 6.87. The van der Waals surface area contributed by atoms with Crippen LogP contribution in [0.1, 0.15) is 36.0 Å². The van der Waals surface area contributed by atoms with Gasteiger partial charge in [-0.1, -0.05) is 23.7 Å². The lowest BCUT2D eigenvalue weighted by molar-refractivity contribution is -0.123. The van der Waals surface area contributed by atoms with E-state index in [1.807, 2.05) is 24.3 Å². The molecule has 2 N–H and O–H groups in total. The molecule has 0 bridgehead atoms. The number of carbonyl (C=O) groups excluding carboxylic acids is 2. The molecular formula is C26H33ClN4O3. The van der Waals surface area contributed by atoms with E-state index in [9.17, 15) is 9.59 Å². The zero-order valence-electron chi connectivity index (χ0n) is 19.5. The van der Waals surface area contributed by atoms with Crippen molar-refractivity contribution in [1.29, 1.82) is 0 Å². The first-order valence-corrected chi connectivity index (χ1v) is 12.5. The van der Waals surface area contributed by atoms with E-state index in [2.05, 4.69) is 20.4 Å². The molecule has 2 amide bonds. The summed E-state index contributed by atoms with van der Waals surface area (Å²) in [6.07, 6.45) is 4.14. The van der Waals surface area contributed by atoms with E-state index in [1.165, 1.54) is 12.8 Å². The fourth-order valence-corrected chi connectivity index (χ4v) is 4.71. The van der Waals surface area contributed by atoms with Gasteiger partial charge in [0.25, 0.3) is 11.8 Å². The lowest BCUT2D eigenvalue weighted by atomic mass is 10.0. The van der Waals surface area contributed by atoms with Gasteiger partial charge >= 0.3 is 0 Å². The van der Waals surface area contributed by atoms with Crippen molar-refractivity contribution in [1.82, 2.24) is 15.5 Å². The molecule has 2 aliphatic heterocycles. The summed E-state index contributed by atoms with van der Waals surface area (Å²) >= 11 is 5.87. The molecule has 0 aliphatic carbocycles. The number of halogens is 1. The SMILES string of the molecule is O=C(COc1ccc(Cl)cc1)NC1CCN(c2ccccc2C(=O)NCCN2CCCC2)CC1. The van der Waals surface area contributed by atoms with Gasteiger partial charge in [0.2, 0.25) is 0 Å². The van der Waals surface area contributed by atoms with E-state index in [1.54, 1.807) is 24.3 Å². The molecule has 2 saturated heterocycles. The van der Waals surface area contributed by atoms with Crippen molar-refractivity contribution in [3.63, 3.8) is 0 Å². The van der Waals surface area contributed by atoms with E-state index in [4.69, 9.17) is 16.3 Å². The lowest BCUT2D eigenvalue weighted by Crippen LogP contribution is -2.46. The average Bonchev–Trinajstić information content (AvgIpc) is 3.38. The number of nitrogens with zero attached hydrogens (tertiary/aromatic N) is 2. The molecule has 2 aliphatic rings. The number of benzene rings is 2. The van der Waals surface area contributed by atoms with Gasteiger partial charge in [-0.15, -0.1) is 0 Å². The summed E-state index contributed by atoms with van der Waals surface area (Å²) in [5.74, 6) is 0.459. The maximum absolute atomic E-state index is 12.9. The number of ether oxygens (including phenoxy) is 1. The Balaban J connectivity index is 1.23. The quantitative estimate of drug-likeness (QED) is 0.571. The number of hydrogen-bond acceptors (Lipinski definition) is 5. The van der Waals surface area contributed by atoms with Crippen molar-refractivity contribution < 1.29 is 14.3 Å². The summed E-state index contributed by atoms with van der Waals surface area (Å²) in [4.78, 5) is 29.8. The lowest BCUT2D eigenvalue weighted by Gasteiger charge is -2.34. The molecule has 8 heteroatoms. The van der Waals surface area contributed by atoms with E-state index in [0.717, 1.165) is 51.3 Å². The zero-order chi connectivity index (χ0) is 23.8. The normalized spacial score (nSPS) is 16.9. The van der Waals surface area contributed by atoms with Gasteiger partial charge in [0.15, 0.2) is 6.61 Å². The molecule has 4 rings (SSSR count). The first kappa shape index (κ1) is 24.4. The minimum atomic E-state index is -0.133. The highest BCUT2D eigenvalue weighted by Gasteiger charge is 2.24. The van der Waals surface area contributed by atoms with Crippen molar-refractivity contribution in [2.45, 2.75) is 31.7 Å². The minimum absolute atomic E-state index is 0.0235. The van der Waals surface area contributed by atoms with Gasteiger partial charge in [0.1, 0.15) is 5.75 Å². The number of hydrogen-bond donors (Lipinski definition) is 2. The minimum Gasteiger partial charge on any atom is -0.484 e. The Bertz CT molecular complexity index is 955. The molecule has 0 spiro atoms. The Labute approximate surface area is 206 Å². The number of amides is 2. The van der Waals surface area contributed by atoms with Crippen LogP contribution in [0.25, 0.3) is 0 Å². The molecule has 0 aromatic heterocycles. The molecule has 0 radical (unpaired) electrons. The van der Waals surface area contributed by atoms with Crippen LogP contribution in [0.2, 0.25) is 5.02 Å². The first-order chi connectivity index (χ1) is 16.6. The van der Waals surface area contributed by atoms with Crippen molar-refractivity contribution >= 4 is 29.1 Å². The van der Waals surface area contributed by atoms with E-state index in [0.29, 0.717) is 22.9 Å². The molecule has 2 aromatic rings. The Morgan fingerprint density at radius 2 is 1.68 bits per heavy atom. The van der Waals surface area contributed by atoms with Gasteiger partial charge in [-0.25, -0.2) is 0 Å². The van der Waals surface area contributed by atoms with Crippen LogP contribution in [-0.2, 0) is 4.79 Å². The van der Waals surface area contributed by atoms with Gasteiger partial charge in [0.05, 0.1) is 5.56 Å². The number of carbonyl (C=O) groups is 2. The summed E-state index contributed by atoms with van der Waals surface area (Å²) < 4.78 is 5.53. The second-order valence-corrected chi connectivity index (χ2v) is 9.33. The molecule has 0 saturated carbocycles. The largest absolute Gasteiger partial charge is 0.484 e. The van der Waals surface area contributed by atoms with E-state index >= 15 is 0 Å². The number of anilines is 1. The molecule has 34 heavy (non-hydrogen) atoms. The van der Waals surface area contributed by atoms with Crippen molar-refractivity contribution in [3.8, 4) is 5.75 Å². The molecule has 7 nitrogen and oxygen atoms in total. The number of piperidine rings is 1. The smallest absolute Gasteiger partial charge is 0.258 e. The average molecular weight is 485 g/mol. The van der Waals surface area contributed by atoms with Crippen LogP contribution in [0.5, 0.6) is 5.75 Å². The van der Waals surface area contributed by atoms with Crippen molar-refractivity contribution in [3.05, 3.63) is 59.1 Å². The molecule has 2 fully saturated rings. The van der Waals surface area contributed by atoms with Crippen LogP contribution < -0.4 is 20.3 Å². The van der Waals surface area contributed by atoms with Crippen LogP contribution in [-0.4, -0.2) is 68.6 Å². The summed E-state index contributed by atoms with van der Waals surface area (Å²) in [7, 11) is 0. The Kier molecular flexibility index (Phi) is 8.66. The van der Waals surface area contributed by atoms with Gasteiger partial charge in [-0.05, 0) is 75.2 Å². The Morgan fingerprint density at radius 1 is 0.971 bits per heavy atom. The van der Waals surface area contributed by atoms with Crippen molar-refractivity contribution in [2.24, 2.45) is 0 Å². The summed E-state index contributed by atoms with van der Waals surface area (Å²) in [5.41, 5.74) is 1.67. The second-order valence-electron chi connectivity index (χ2n) is 8.89. The fourth-order valence-electron chi connectivity index (χ4n) is 4.58. The predicted octanol–water partition coefficient (Wildman–Crippen LogP) is 3.33. The van der Waals surface area contributed by atoms with Gasteiger partial charge in [-0.2, -0.15) is 0 Å². The van der Waals surface area contributed by atoms with Crippen LogP contribution in [0.4, 0.5) is 5.69 Å². The highest BCUT2D eigenvalue weighted by Crippen LogP contribution is 2.24.